The number of likely N-dealkylation sites (N-methyl/N-ethyl adjacent to an activating group) is 1. The van der Waals surface area contributed by atoms with Crippen molar-refractivity contribution in [2.45, 2.75) is 11.3 Å². The van der Waals surface area contributed by atoms with Crippen LogP contribution in [0.25, 0.3) is 10.2 Å². The molecule has 0 spiro atoms. The van der Waals surface area contributed by atoms with Crippen LogP contribution in [0.3, 0.4) is 0 Å². The summed E-state index contributed by atoms with van der Waals surface area (Å²) in [6.45, 7) is 1.42. The lowest BCUT2D eigenvalue weighted by Crippen LogP contribution is -2.36. The highest BCUT2D eigenvalue weighted by Gasteiger charge is 2.31. The largest absolute Gasteiger partial charge is 0.493 e. The molecule has 0 atom stereocenters. The molecule has 1 amide bonds. The summed E-state index contributed by atoms with van der Waals surface area (Å²) in [5.41, 5.74) is 2.79. The lowest BCUT2D eigenvalue weighted by molar-refractivity contribution is 0.0985. The van der Waals surface area contributed by atoms with E-state index in [4.69, 9.17) is 14.5 Å². The van der Waals surface area contributed by atoms with Crippen LogP contribution in [0.1, 0.15) is 15.9 Å². The molecule has 2 heterocycles. The fourth-order valence-electron chi connectivity index (χ4n) is 4.55. The molecule has 1 aliphatic heterocycles. The second-order valence-electron chi connectivity index (χ2n) is 9.41. The number of anilines is 2. The van der Waals surface area contributed by atoms with Crippen molar-refractivity contribution < 1.29 is 22.7 Å². The number of sulfonamides is 1. The third kappa shape index (κ3) is 5.17. The van der Waals surface area contributed by atoms with Gasteiger partial charge in [0.25, 0.3) is 15.9 Å². The Balaban J connectivity index is 1.45. The minimum Gasteiger partial charge on any atom is -0.493 e. The summed E-state index contributed by atoms with van der Waals surface area (Å²) < 4.78 is 39.9. The highest BCUT2D eigenvalue weighted by atomic mass is 32.2. The number of thiazole rings is 1. The molecule has 11 heteroatoms. The molecule has 1 aromatic heterocycles. The molecule has 0 aliphatic carbocycles. The summed E-state index contributed by atoms with van der Waals surface area (Å²) in [5.74, 6) is 0.888. The van der Waals surface area contributed by atoms with Gasteiger partial charge >= 0.3 is 0 Å². The van der Waals surface area contributed by atoms with Crippen molar-refractivity contribution >= 4 is 48.3 Å². The molecule has 0 saturated carbocycles. The number of rotatable bonds is 9. The normalized spacial score (nSPS) is 13.1. The minimum atomic E-state index is -3.75. The van der Waals surface area contributed by atoms with Crippen LogP contribution >= 0.6 is 11.3 Å². The SMILES string of the molecule is COc1cc2nc(N(CCN(C)C)C(=O)c3ccc(S(=O)(=O)N4CCc5ccccc54)cc3)sc2cc1OC. The standard InChI is InChI=1S/C28H30N4O5S2/c1-30(2)15-16-31(28-29-22-17-24(36-3)25(37-4)18-26(22)38-28)27(33)20-9-11-21(12-10-20)39(34,35)32-14-13-19-7-5-6-8-23(19)32/h5-12,17-18H,13-16H2,1-4H3. The van der Waals surface area contributed by atoms with Gasteiger partial charge in [0.1, 0.15) is 0 Å². The molecule has 0 radical (unpaired) electrons. The van der Waals surface area contributed by atoms with Crippen molar-refractivity contribution in [3.05, 3.63) is 71.8 Å². The van der Waals surface area contributed by atoms with Crippen LogP contribution < -0.4 is 18.7 Å². The number of carbonyl (C=O) groups excluding carboxylic acids is 1. The van der Waals surface area contributed by atoms with Crippen LogP contribution in [0.15, 0.2) is 65.6 Å². The van der Waals surface area contributed by atoms with Gasteiger partial charge in [-0.25, -0.2) is 13.4 Å². The molecule has 5 rings (SSSR count). The Kier molecular flexibility index (Phi) is 7.48. The zero-order valence-corrected chi connectivity index (χ0v) is 23.9. The van der Waals surface area contributed by atoms with E-state index >= 15 is 0 Å². The highest BCUT2D eigenvalue weighted by molar-refractivity contribution is 7.92. The molecule has 3 aromatic carbocycles. The number of aromatic nitrogens is 1. The van der Waals surface area contributed by atoms with Crippen LogP contribution in [-0.4, -0.2) is 72.2 Å². The van der Waals surface area contributed by atoms with Gasteiger partial charge in [-0.3, -0.25) is 14.0 Å². The first-order chi connectivity index (χ1) is 18.7. The van der Waals surface area contributed by atoms with E-state index in [1.807, 2.05) is 49.3 Å². The zero-order valence-electron chi connectivity index (χ0n) is 22.2. The number of ether oxygens (including phenoxy) is 2. The third-order valence-corrected chi connectivity index (χ3v) is 9.53. The van der Waals surface area contributed by atoms with Gasteiger partial charge < -0.3 is 14.4 Å². The molecular formula is C28H30N4O5S2. The highest BCUT2D eigenvalue weighted by Crippen LogP contribution is 2.38. The summed E-state index contributed by atoms with van der Waals surface area (Å²) in [6, 6.07) is 17.3. The molecular weight excluding hydrogens is 536 g/mol. The topological polar surface area (TPSA) is 92.3 Å². The summed E-state index contributed by atoms with van der Waals surface area (Å²) in [4.78, 5) is 22.2. The number of amides is 1. The monoisotopic (exact) mass is 566 g/mol. The molecule has 0 unspecified atom stereocenters. The first-order valence-electron chi connectivity index (χ1n) is 12.4. The Bertz CT molecular complexity index is 1580. The summed E-state index contributed by atoms with van der Waals surface area (Å²) in [5, 5.41) is 0.539. The van der Waals surface area contributed by atoms with Crippen molar-refractivity contribution in [1.29, 1.82) is 0 Å². The van der Waals surface area contributed by atoms with Gasteiger partial charge in [-0.2, -0.15) is 0 Å². The molecule has 39 heavy (non-hydrogen) atoms. The number of carbonyl (C=O) groups is 1. The van der Waals surface area contributed by atoms with E-state index in [9.17, 15) is 13.2 Å². The Labute approximate surface area is 232 Å². The lowest BCUT2D eigenvalue weighted by Gasteiger charge is -2.22. The Morgan fingerprint density at radius 1 is 1.00 bits per heavy atom. The van der Waals surface area contributed by atoms with Gasteiger partial charge in [-0.05, 0) is 56.4 Å². The number of hydrogen-bond donors (Lipinski definition) is 0. The smallest absolute Gasteiger partial charge is 0.264 e. The summed E-state index contributed by atoms with van der Waals surface area (Å²) in [7, 11) is 3.26. The maximum absolute atomic E-state index is 13.7. The molecule has 1 aliphatic rings. The quantitative estimate of drug-likeness (QED) is 0.299. The number of benzene rings is 3. The number of nitrogens with zero attached hydrogens (tertiary/aromatic N) is 4. The number of fused-ring (bicyclic) bond motifs is 2. The predicted molar refractivity (Wildman–Crippen MR) is 154 cm³/mol. The molecule has 9 nitrogen and oxygen atoms in total. The van der Waals surface area contributed by atoms with Crippen molar-refractivity contribution in [2.75, 3.05) is 57.2 Å². The summed E-state index contributed by atoms with van der Waals surface area (Å²) >= 11 is 1.38. The van der Waals surface area contributed by atoms with Crippen LogP contribution in [0, 0.1) is 0 Å². The zero-order chi connectivity index (χ0) is 27.7. The Hall–Kier alpha value is -3.67. The first-order valence-corrected chi connectivity index (χ1v) is 14.7. The fourth-order valence-corrected chi connectivity index (χ4v) is 7.06. The average molecular weight is 567 g/mol. The van der Waals surface area contributed by atoms with Gasteiger partial charge in [-0.15, -0.1) is 0 Å². The van der Waals surface area contributed by atoms with Crippen LogP contribution in [0.2, 0.25) is 0 Å². The van der Waals surface area contributed by atoms with Gasteiger partial charge in [0.05, 0.1) is 35.0 Å². The fraction of sp³-hybridized carbons (Fsp3) is 0.286. The molecule has 4 aromatic rings. The van der Waals surface area contributed by atoms with Crippen LogP contribution in [0.5, 0.6) is 11.5 Å². The molecule has 0 bridgehead atoms. The van der Waals surface area contributed by atoms with E-state index in [0.29, 0.717) is 59.5 Å². The van der Waals surface area contributed by atoms with E-state index in [-0.39, 0.29) is 10.8 Å². The van der Waals surface area contributed by atoms with E-state index < -0.39 is 10.0 Å². The Morgan fingerprint density at radius 2 is 1.69 bits per heavy atom. The van der Waals surface area contributed by atoms with E-state index in [1.165, 1.54) is 27.8 Å². The second kappa shape index (κ2) is 10.8. The van der Waals surface area contributed by atoms with E-state index in [1.54, 1.807) is 37.3 Å². The maximum Gasteiger partial charge on any atom is 0.264 e. The van der Waals surface area contributed by atoms with Gasteiger partial charge in [0.15, 0.2) is 16.6 Å². The molecule has 0 saturated heterocycles. The minimum absolute atomic E-state index is 0.148. The van der Waals surface area contributed by atoms with Gasteiger partial charge in [0.2, 0.25) is 0 Å². The van der Waals surface area contributed by atoms with Crippen molar-refractivity contribution in [1.82, 2.24) is 9.88 Å². The first kappa shape index (κ1) is 26.9. The molecule has 0 fully saturated rings. The van der Waals surface area contributed by atoms with Gasteiger partial charge in [0, 0.05) is 37.3 Å². The third-order valence-electron chi connectivity index (χ3n) is 6.66. The van der Waals surface area contributed by atoms with Crippen molar-refractivity contribution in [3.63, 3.8) is 0 Å². The van der Waals surface area contributed by atoms with E-state index in [0.717, 1.165) is 10.3 Å². The Morgan fingerprint density at radius 3 is 2.38 bits per heavy atom. The predicted octanol–water partition coefficient (Wildman–Crippen LogP) is 4.27. The maximum atomic E-state index is 13.7. The average Bonchev–Trinajstić information content (AvgIpc) is 3.56. The number of para-hydroxylation sites is 1. The van der Waals surface area contributed by atoms with Gasteiger partial charge in [-0.1, -0.05) is 29.5 Å². The van der Waals surface area contributed by atoms with Crippen molar-refractivity contribution in [3.8, 4) is 11.5 Å². The van der Waals surface area contributed by atoms with Crippen molar-refractivity contribution in [2.24, 2.45) is 0 Å². The number of methoxy groups -OCH3 is 2. The second-order valence-corrected chi connectivity index (χ2v) is 12.3. The molecule has 0 N–H and O–H groups in total. The molecule has 204 valence electrons. The summed E-state index contributed by atoms with van der Waals surface area (Å²) in [6.07, 6.45) is 0.673. The van der Waals surface area contributed by atoms with Crippen LogP contribution in [-0.2, 0) is 16.4 Å². The lowest BCUT2D eigenvalue weighted by atomic mass is 10.2. The number of hydrogen-bond acceptors (Lipinski definition) is 8. The van der Waals surface area contributed by atoms with E-state index in [2.05, 4.69) is 0 Å². The van der Waals surface area contributed by atoms with Crippen LogP contribution in [0.4, 0.5) is 10.8 Å².